The van der Waals surface area contributed by atoms with Crippen LogP contribution in [0.15, 0.2) is 72.9 Å². The lowest BCUT2D eigenvalue weighted by molar-refractivity contribution is -0.147. The van der Waals surface area contributed by atoms with Gasteiger partial charge in [-0.2, -0.15) is 0 Å². The van der Waals surface area contributed by atoms with Crippen LogP contribution in [0.3, 0.4) is 0 Å². The molecule has 2 atom stereocenters. The highest BCUT2D eigenvalue weighted by Crippen LogP contribution is 2.15. The minimum atomic E-state index is -1.01. The van der Waals surface area contributed by atoms with Crippen LogP contribution in [0.2, 0.25) is 0 Å². The third-order valence-electron chi connectivity index (χ3n) is 9.24. The first kappa shape index (κ1) is 50.8. The molecule has 0 bridgehead atoms. The molecule has 0 aliphatic heterocycles. The van der Waals surface area contributed by atoms with Gasteiger partial charge < -0.3 is 20.9 Å². The number of ether oxygens (including phenoxy) is 1. The van der Waals surface area contributed by atoms with Gasteiger partial charge in [0.2, 0.25) is 5.91 Å². The van der Waals surface area contributed by atoms with E-state index in [9.17, 15) is 19.5 Å². The van der Waals surface area contributed by atoms with Crippen molar-refractivity contribution < 1.29 is 24.2 Å². The molecule has 308 valence electrons. The van der Waals surface area contributed by atoms with E-state index in [2.05, 4.69) is 92.1 Å². The standard InChI is InChI=1S/C47H80N2O5/c1-3-5-7-9-11-13-14-15-16-17-18-19-20-21-22-23-25-31-35-41-46(51)54-43(37-32-28-24-12-10-8-6-4-2)38-33-29-26-27-30-34-40-45(50)49-44(47(52)53)39-36-42-48/h5,7,11-13,15-16,18-19,24,32,37,43-44H,3-4,6,8-10,14,17,20-23,25-31,33-36,38-42,48H2,1-2H3,(H,49,50)(H,52,53)/b7-5-,13-11-,16-15-,19-18-,24-12-,37-32-. The van der Waals surface area contributed by atoms with Gasteiger partial charge in [0.1, 0.15) is 12.1 Å². The van der Waals surface area contributed by atoms with E-state index in [1.54, 1.807) is 0 Å². The van der Waals surface area contributed by atoms with E-state index in [0.29, 0.717) is 32.2 Å². The maximum atomic E-state index is 12.7. The van der Waals surface area contributed by atoms with Crippen molar-refractivity contribution in [1.29, 1.82) is 0 Å². The predicted molar refractivity (Wildman–Crippen MR) is 229 cm³/mol. The van der Waals surface area contributed by atoms with E-state index in [4.69, 9.17) is 10.5 Å². The molecule has 0 fully saturated rings. The Morgan fingerprint density at radius 1 is 0.574 bits per heavy atom. The van der Waals surface area contributed by atoms with Gasteiger partial charge in [0.05, 0.1) is 0 Å². The lowest BCUT2D eigenvalue weighted by Crippen LogP contribution is -2.40. The molecule has 0 aromatic carbocycles. The summed E-state index contributed by atoms with van der Waals surface area (Å²) in [4.78, 5) is 36.2. The van der Waals surface area contributed by atoms with Gasteiger partial charge in [-0.3, -0.25) is 9.59 Å². The SMILES string of the molecule is CC/C=C\C/C=C\C/C=C\C/C=C\CCCCCCCCC(=O)OC(/C=C\C/C=C\CCCCC)CCCCCCCCC(=O)NC(CCCN)C(=O)O. The van der Waals surface area contributed by atoms with E-state index in [1.807, 2.05) is 0 Å². The number of carbonyl (C=O) groups excluding carboxylic acids is 2. The number of unbranched alkanes of at least 4 members (excludes halogenated alkanes) is 14. The summed E-state index contributed by atoms with van der Waals surface area (Å²) < 4.78 is 5.93. The summed E-state index contributed by atoms with van der Waals surface area (Å²) >= 11 is 0. The van der Waals surface area contributed by atoms with Crippen molar-refractivity contribution >= 4 is 17.8 Å². The molecular weight excluding hydrogens is 673 g/mol. The molecule has 0 spiro atoms. The number of carbonyl (C=O) groups is 3. The van der Waals surface area contributed by atoms with Gasteiger partial charge in [0.25, 0.3) is 0 Å². The third-order valence-corrected chi connectivity index (χ3v) is 9.24. The lowest BCUT2D eigenvalue weighted by Gasteiger charge is -2.15. The first-order chi connectivity index (χ1) is 26.4. The highest BCUT2D eigenvalue weighted by Gasteiger charge is 2.18. The van der Waals surface area contributed by atoms with Crippen molar-refractivity contribution in [3.05, 3.63) is 72.9 Å². The van der Waals surface area contributed by atoms with E-state index in [-0.39, 0.29) is 18.0 Å². The molecular formula is C47H80N2O5. The fourth-order valence-electron chi connectivity index (χ4n) is 5.98. The minimum absolute atomic E-state index is 0.0921. The van der Waals surface area contributed by atoms with Crippen LogP contribution in [0.1, 0.15) is 187 Å². The first-order valence-corrected chi connectivity index (χ1v) is 21.8. The molecule has 0 aliphatic rings. The van der Waals surface area contributed by atoms with Crippen molar-refractivity contribution in [3.8, 4) is 0 Å². The van der Waals surface area contributed by atoms with Crippen LogP contribution in [-0.2, 0) is 19.1 Å². The monoisotopic (exact) mass is 753 g/mol. The Balaban J connectivity index is 4.27. The van der Waals surface area contributed by atoms with Crippen molar-refractivity contribution in [3.63, 3.8) is 0 Å². The second kappa shape index (κ2) is 41.0. The van der Waals surface area contributed by atoms with Crippen LogP contribution in [0.25, 0.3) is 0 Å². The largest absolute Gasteiger partial charge is 0.480 e. The molecule has 0 heterocycles. The topological polar surface area (TPSA) is 119 Å². The summed E-state index contributed by atoms with van der Waals surface area (Å²) in [6.07, 6.45) is 52.5. The van der Waals surface area contributed by atoms with Crippen LogP contribution in [0.4, 0.5) is 0 Å². The van der Waals surface area contributed by atoms with Crippen LogP contribution in [0.5, 0.6) is 0 Å². The van der Waals surface area contributed by atoms with Gasteiger partial charge in [0.15, 0.2) is 0 Å². The maximum absolute atomic E-state index is 12.7. The number of nitrogens with one attached hydrogen (secondary N) is 1. The number of carboxylic acid groups (broad SMARTS) is 1. The molecule has 54 heavy (non-hydrogen) atoms. The Labute approximate surface area is 331 Å². The summed E-state index contributed by atoms with van der Waals surface area (Å²) in [5, 5.41) is 11.9. The van der Waals surface area contributed by atoms with Gasteiger partial charge >= 0.3 is 11.9 Å². The smallest absolute Gasteiger partial charge is 0.326 e. The Kier molecular flexibility index (Phi) is 38.6. The Bertz CT molecular complexity index is 1070. The van der Waals surface area contributed by atoms with Crippen LogP contribution in [0, 0.1) is 0 Å². The number of allylic oxidation sites excluding steroid dienone is 11. The minimum Gasteiger partial charge on any atom is -0.480 e. The fourth-order valence-corrected chi connectivity index (χ4v) is 5.98. The van der Waals surface area contributed by atoms with Crippen molar-refractivity contribution in [2.75, 3.05) is 6.54 Å². The molecule has 2 unspecified atom stereocenters. The van der Waals surface area contributed by atoms with Crippen molar-refractivity contribution in [2.45, 2.75) is 199 Å². The Morgan fingerprint density at radius 3 is 1.65 bits per heavy atom. The summed E-state index contributed by atoms with van der Waals surface area (Å²) in [6, 6.07) is -0.859. The molecule has 0 saturated carbocycles. The fraction of sp³-hybridized carbons (Fsp3) is 0.681. The quantitative estimate of drug-likeness (QED) is 0.0328. The number of amides is 1. The first-order valence-electron chi connectivity index (χ1n) is 21.8. The number of rotatable bonds is 38. The second-order valence-corrected chi connectivity index (χ2v) is 14.4. The van der Waals surface area contributed by atoms with Gasteiger partial charge in [-0.05, 0) is 109 Å². The van der Waals surface area contributed by atoms with E-state index >= 15 is 0 Å². The molecule has 1 amide bonds. The molecule has 0 rings (SSSR count). The molecule has 0 aromatic heterocycles. The van der Waals surface area contributed by atoms with Gasteiger partial charge in [0, 0.05) is 12.8 Å². The molecule has 7 nitrogen and oxygen atoms in total. The van der Waals surface area contributed by atoms with E-state index < -0.39 is 12.0 Å². The normalized spacial score (nSPS) is 13.4. The molecule has 0 aliphatic carbocycles. The average Bonchev–Trinajstić information content (AvgIpc) is 3.16. The van der Waals surface area contributed by atoms with E-state index in [0.717, 1.165) is 109 Å². The molecule has 7 heteroatoms. The van der Waals surface area contributed by atoms with Crippen LogP contribution >= 0.6 is 0 Å². The predicted octanol–water partition coefficient (Wildman–Crippen LogP) is 12.3. The number of nitrogens with two attached hydrogens (primary N) is 1. The van der Waals surface area contributed by atoms with Gasteiger partial charge in [-0.1, -0.05) is 145 Å². The molecule has 0 aromatic rings. The third kappa shape index (κ3) is 37.1. The van der Waals surface area contributed by atoms with Gasteiger partial charge in [-0.15, -0.1) is 0 Å². The van der Waals surface area contributed by atoms with E-state index in [1.165, 1.54) is 38.5 Å². The number of hydrogen-bond acceptors (Lipinski definition) is 5. The molecule has 4 N–H and O–H groups in total. The average molecular weight is 753 g/mol. The summed E-state index contributed by atoms with van der Waals surface area (Å²) in [5.74, 6) is -1.31. The van der Waals surface area contributed by atoms with Gasteiger partial charge in [-0.25, -0.2) is 4.79 Å². The maximum Gasteiger partial charge on any atom is 0.326 e. The highest BCUT2D eigenvalue weighted by molar-refractivity contribution is 5.83. The molecule has 0 radical (unpaired) electrons. The molecule has 0 saturated heterocycles. The summed E-state index contributed by atoms with van der Waals surface area (Å²) in [7, 11) is 0. The lowest BCUT2D eigenvalue weighted by atomic mass is 10.0. The number of carboxylic acids is 1. The zero-order valence-electron chi connectivity index (χ0n) is 34.5. The number of aliphatic carboxylic acids is 1. The highest BCUT2D eigenvalue weighted by atomic mass is 16.5. The summed E-state index contributed by atoms with van der Waals surface area (Å²) in [6.45, 7) is 4.78. The Hall–Kier alpha value is -3.19. The summed E-state index contributed by atoms with van der Waals surface area (Å²) in [5.41, 5.74) is 5.47. The number of esters is 1. The van der Waals surface area contributed by atoms with Crippen molar-refractivity contribution in [1.82, 2.24) is 5.32 Å². The zero-order valence-corrected chi connectivity index (χ0v) is 34.5. The zero-order chi connectivity index (χ0) is 39.6. The van der Waals surface area contributed by atoms with Crippen LogP contribution in [-0.4, -0.2) is 41.6 Å². The Morgan fingerprint density at radius 2 is 1.07 bits per heavy atom. The van der Waals surface area contributed by atoms with Crippen LogP contribution < -0.4 is 11.1 Å². The second-order valence-electron chi connectivity index (χ2n) is 14.4. The number of hydrogen-bond donors (Lipinski definition) is 3. The van der Waals surface area contributed by atoms with Crippen molar-refractivity contribution in [2.24, 2.45) is 5.73 Å².